The zero-order valence-corrected chi connectivity index (χ0v) is 24.1. The van der Waals surface area contributed by atoms with Gasteiger partial charge in [0.25, 0.3) is 0 Å². The van der Waals surface area contributed by atoms with Gasteiger partial charge >= 0.3 is 6.09 Å². The van der Waals surface area contributed by atoms with Gasteiger partial charge < -0.3 is 15.0 Å². The quantitative estimate of drug-likeness (QED) is 0.246. The smallest absolute Gasteiger partial charge is 0.410 e. The Labute approximate surface area is 237 Å². The fourth-order valence-corrected chi connectivity index (χ4v) is 5.57. The van der Waals surface area contributed by atoms with Gasteiger partial charge in [0.2, 0.25) is 0 Å². The summed E-state index contributed by atoms with van der Waals surface area (Å²) in [4.78, 5) is 33.4. The van der Waals surface area contributed by atoms with Crippen molar-refractivity contribution in [3.05, 3.63) is 81.4 Å². The van der Waals surface area contributed by atoms with Gasteiger partial charge in [-0.15, -0.1) is 22.7 Å². The zero-order valence-electron chi connectivity index (χ0n) is 22.5. The van der Waals surface area contributed by atoms with Gasteiger partial charge in [0.1, 0.15) is 10.6 Å². The minimum atomic E-state index is -0.452. The summed E-state index contributed by atoms with van der Waals surface area (Å²) in [6.07, 6.45) is 2.61. The first kappa shape index (κ1) is 28.6. The highest BCUT2D eigenvalue weighted by Gasteiger charge is 2.31. The van der Waals surface area contributed by atoms with E-state index in [4.69, 9.17) is 9.72 Å². The summed E-state index contributed by atoms with van der Waals surface area (Å²) in [6.45, 7) is 7.97. The van der Waals surface area contributed by atoms with Gasteiger partial charge in [-0.2, -0.15) is 0 Å². The molecule has 3 heterocycles. The average molecular weight is 563 g/mol. The van der Waals surface area contributed by atoms with Crippen molar-refractivity contribution in [2.45, 2.75) is 51.8 Å². The SMILES string of the molecule is CC(C)(C)OC(=O)N1CCC[C@H]1CNCc1nc(-c2ccccc2)cs1.O=Cc1nc(-c2ccccc2)cs1. The lowest BCUT2D eigenvalue weighted by molar-refractivity contribution is 0.0226. The maximum absolute atomic E-state index is 12.3. The highest BCUT2D eigenvalue weighted by molar-refractivity contribution is 7.11. The van der Waals surface area contributed by atoms with Crippen LogP contribution in [0.2, 0.25) is 0 Å². The van der Waals surface area contributed by atoms with E-state index in [0.717, 1.165) is 66.3 Å². The molecule has 1 atom stereocenters. The molecular weight excluding hydrogens is 528 g/mol. The predicted octanol–water partition coefficient (Wildman–Crippen LogP) is 6.92. The van der Waals surface area contributed by atoms with E-state index in [-0.39, 0.29) is 12.1 Å². The van der Waals surface area contributed by atoms with Gasteiger partial charge in [-0.05, 0) is 33.6 Å². The molecule has 4 aromatic rings. The Balaban J connectivity index is 0.000000226. The van der Waals surface area contributed by atoms with Crippen LogP contribution in [0.5, 0.6) is 0 Å². The van der Waals surface area contributed by atoms with Crippen molar-refractivity contribution in [3.63, 3.8) is 0 Å². The molecule has 0 spiro atoms. The van der Waals surface area contributed by atoms with Crippen LogP contribution < -0.4 is 5.32 Å². The molecule has 1 N–H and O–H groups in total. The number of benzene rings is 2. The maximum atomic E-state index is 12.3. The molecule has 0 saturated carbocycles. The van der Waals surface area contributed by atoms with Crippen LogP contribution in [0, 0.1) is 0 Å². The highest BCUT2D eigenvalue weighted by atomic mass is 32.1. The number of thiazole rings is 2. The molecule has 0 aliphatic carbocycles. The summed E-state index contributed by atoms with van der Waals surface area (Å²) in [5.41, 5.74) is 3.62. The van der Waals surface area contributed by atoms with Crippen molar-refractivity contribution in [1.82, 2.24) is 20.2 Å². The van der Waals surface area contributed by atoms with E-state index >= 15 is 0 Å². The van der Waals surface area contributed by atoms with Gasteiger partial charge in [-0.3, -0.25) is 4.79 Å². The Bertz CT molecular complexity index is 1330. The first-order valence-corrected chi connectivity index (χ1v) is 14.7. The highest BCUT2D eigenvalue weighted by Crippen LogP contribution is 2.23. The minimum Gasteiger partial charge on any atom is -0.444 e. The van der Waals surface area contributed by atoms with E-state index in [1.54, 1.807) is 11.3 Å². The second kappa shape index (κ2) is 13.6. The first-order valence-electron chi connectivity index (χ1n) is 13.0. The topological polar surface area (TPSA) is 84.4 Å². The molecule has 1 aliphatic heterocycles. The largest absolute Gasteiger partial charge is 0.444 e. The van der Waals surface area contributed by atoms with Gasteiger partial charge in [-0.25, -0.2) is 14.8 Å². The van der Waals surface area contributed by atoms with E-state index in [0.29, 0.717) is 5.01 Å². The summed E-state index contributed by atoms with van der Waals surface area (Å²) in [5.74, 6) is 0. The third-order valence-corrected chi connectivity index (χ3v) is 7.59. The number of carbonyl (C=O) groups excluding carboxylic acids is 2. The fourth-order valence-electron chi connectivity index (χ4n) is 4.17. The summed E-state index contributed by atoms with van der Waals surface area (Å²) >= 11 is 3.03. The normalized spacial score (nSPS) is 14.9. The molecule has 1 aliphatic rings. The third-order valence-electron chi connectivity index (χ3n) is 5.97. The Morgan fingerprint density at radius 2 is 1.62 bits per heavy atom. The molecule has 2 aromatic heterocycles. The Morgan fingerprint density at radius 3 is 2.21 bits per heavy atom. The van der Waals surface area contributed by atoms with E-state index in [2.05, 4.69) is 27.8 Å². The van der Waals surface area contributed by atoms with Gasteiger partial charge in [0.15, 0.2) is 11.3 Å². The molecule has 0 radical (unpaired) electrons. The van der Waals surface area contributed by atoms with Gasteiger partial charge in [0.05, 0.1) is 11.4 Å². The number of rotatable bonds is 7. The maximum Gasteiger partial charge on any atom is 0.410 e. The molecule has 1 fully saturated rings. The molecule has 0 unspecified atom stereocenters. The van der Waals surface area contributed by atoms with E-state index in [1.807, 2.05) is 79.6 Å². The molecule has 1 saturated heterocycles. The van der Waals surface area contributed by atoms with Crippen LogP contribution >= 0.6 is 22.7 Å². The number of amides is 1. The lowest BCUT2D eigenvalue weighted by Gasteiger charge is -2.28. The van der Waals surface area contributed by atoms with Gasteiger partial charge in [-0.1, -0.05) is 60.7 Å². The standard InChI is InChI=1S/C20H27N3O2S.C10H7NOS/c1-20(2,3)25-19(24)23-11-7-10-16(23)12-21-13-18-22-17(14-26-18)15-8-5-4-6-9-15;12-6-10-11-9(7-13-10)8-4-2-1-3-5-8/h4-6,8-9,14,16,21H,7,10-13H2,1-3H3;1-7H/t16-;/m0./s1. The molecule has 0 bridgehead atoms. The van der Waals surface area contributed by atoms with Crippen LogP contribution in [0.4, 0.5) is 4.79 Å². The van der Waals surface area contributed by atoms with Crippen molar-refractivity contribution < 1.29 is 14.3 Å². The molecule has 1 amide bonds. The number of nitrogens with zero attached hydrogens (tertiary/aromatic N) is 3. The predicted molar refractivity (Wildman–Crippen MR) is 158 cm³/mol. The second-order valence-electron chi connectivity index (χ2n) is 10.1. The number of hydrogen-bond donors (Lipinski definition) is 1. The van der Waals surface area contributed by atoms with Crippen LogP contribution in [-0.4, -0.2) is 52.0 Å². The molecular formula is C30H34N4O3S2. The van der Waals surface area contributed by atoms with Crippen molar-refractivity contribution in [1.29, 1.82) is 0 Å². The molecule has 2 aromatic carbocycles. The number of ether oxygens (including phenoxy) is 1. The minimum absolute atomic E-state index is 0.193. The second-order valence-corrected chi connectivity index (χ2v) is 12.0. The first-order chi connectivity index (χ1) is 18.8. The third kappa shape index (κ3) is 8.54. The van der Waals surface area contributed by atoms with Crippen LogP contribution in [0.1, 0.15) is 48.4 Å². The van der Waals surface area contributed by atoms with E-state index < -0.39 is 5.60 Å². The van der Waals surface area contributed by atoms with E-state index in [9.17, 15) is 9.59 Å². The van der Waals surface area contributed by atoms with E-state index in [1.165, 1.54) is 11.3 Å². The van der Waals surface area contributed by atoms with Crippen molar-refractivity contribution >= 4 is 35.1 Å². The number of nitrogens with one attached hydrogen (secondary N) is 1. The van der Waals surface area contributed by atoms with Crippen LogP contribution in [0.15, 0.2) is 71.4 Å². The van der Waals surface area contributed by atoms with Crippen LogP contribution in [0.25, 0.3) is 22.5 Å². The molecule has 39 heavy (non-hydrogen) atoms. The van der Waals surface area contributed by atoms with Crippen LogP contribution in [-0.2, 0) is 11.3 Å². The number of aromatic nitrogens is 2. The number of likely N-dealkylation sites (tertiary alicyclic amines) is 1. The number of aldehydes is 1. The van der Waals surface area contributed by atoms with Crippen molar-refractivity contribution in [2.75, 3.05) is 13.1 Å². The summed E-state index contributed by atoms with van der Waals surface area (Å²) < 4.78 is 5.52. The summed E-state index contributed by atoms with van der Waals surface area (Å²) in [6, 6.07) is 20.2. The lowest BCUT2D eigenvalue weighted by atomic mass is 10.2. The Hall–Kier alpha value is -3.40. The monoisotopic (exact) mass is 562 g/mol. The summed E-state index contributed by atoms with van der Waals surface area (Å²) in [7, 11) is 0. The summed E-state index contributed by atoms with van der Waals surface area (Å²) in [5, 5.41) is 9.02. The fraction of sp³-hybridized carbons (Fsp3) is 0.333. The Kier molecular flexibility index (Phi) is 9.97. The van der Waals surface area contributed by atoms with Crippen molar-refractivity contribution in [3.8, 4) is 22.5 Å². The molecule has 5 rings (SSSR count). The van der Waals surface area contributed by atoms with Gasteiger partial charge in [0, 0.05) is 47.6 Å². The molecule has 9 heteroatoms. The Morgan fingerprint density at radius 1 is 1.00 bits per heavy atom. The zero-order chi connectivity index (χ0) is 27.7. The molecule has 7 nitrogen and oxygen atoms in total. The van der Waals surface area contributed by atoms with Crippen LogP contribution in [0.3, 0.4) is 0 Å². The number of carbonyl (C=O) groups is 2. The number of hydrogen-bond acceptors (Lipinski definition) is 8. The lowest BCUT2D eigenvalue weighted by Crippen LogP contribution is -2.44. The molecule has 204 valence electrons. The van der Waals surface area contributed by atoms with Crippen molar-refractivity contribution in [2.24, 2.45) is 0 Å². The average Bonchev–Trinajstić information content (AvgIpc) is 3.70.